The quantitative estimate of drug-likeness (QED) is 0.376. The zero-order valence-electron chi connectivity index (χ0n) is 20.9. The fourth-order valence-electron chi connectivity index (χ4n) is 6.36. The maximum absolute atomic E-state index is 13.2. The van der Waals surface area contributed by atoms with Gasteiger partial charge in [0.2, 0.25) is 0 Å². The number of furan rings is 1. The van der Waals surface area contributed by atoms with Crippen molar-refractivity contribution >= 4 is 10.9 Å². The first kappa shape index (κ1) is 23.2. The van der Waals surface area contributed by atoms with Crippen LogP contribution in [0.25, 0.3) is 10.9 Å². The van der Waals surface area contributed by atoms with E-state index in [1.54, 1.807) is 6.26 Å². The van der Waals surface area contributed by atoms with Crippen molar-refractivity contribution in [3.8, 4) is 0 Å². The van der Waals surface area contributed by atoms with Gasteiger partial charge in [-0.1, -0.05) is 43.7 Å². The van der Waals surface area contributed by atoms with Crippen molar-refractivity contribution in [2.45, 2.75) is 89.4 Å². The van der Waals surface area contributed by atoms with Gasteiger partial charge in [-0.25, -0.2) is 4.68 Å². The molecule has 36 heavy (non-hydrogen) atoms. The van der Waals surface area contributed by atoms with Gasteiger partial charge in [0.25, 0.3) is 5.56 Å². The van der Waals surface area contributed by atoms with Gasteiger partial charge in [-0.3, -0.25) is 9.69 Å². The first-order chi connectivity index (χ1) is 17.6. The molecule has 2 aliphatic rings. The molecule has 8 nitrogen and oxygen atoms in total. The molecular formula is C28H34N6O2. The second-order valence-electron chi connectivity index (χ2n) is 10.6. The van der Waals surface area contributed by atoms with Crippen LogP contribution in [0.15, 0.2) is 51.9 Å². The molecule has 2 saturated carbocycles. The van der Waals surface area contributed by atoms with E-state index in [4.69, 9.17) is 4.42 Å². The fourth-order valence-corrected chi connectivity index (χ4v) is 6.36. The Bertz CT molecular complexity index is 1380. The lowest BCUT2D eigenvalue weighted by atomic mass is 9.90. The Kier molecular flexibility index (Phi) is 6.21. The molecule has 188 valence electrons. The monoisotopic (exact) mass is 486 g/mol. The predicted octanol–water partition coefficient (Wildman–Crippen LogP) is 5.39. The minimum absolute atomic E-state index is 0.0455. The van der Waals surface area contributed by atoms with Gasteiger partial charge in [0.1, 0.15) is 5.76 Å². The number of fused-ring (bicyclic) bond motifs is 1. The summed E-state index contributed by atoms with van der Waals surface area (Å²) in [4.78, 5) is 18.7. The summed E-state index contributed by atoms with van der Waals surface area (Å²) in [6.07, 6.45) is 11.8. The van der Waals surface area contributed by atoms with Gasteiger partial charge in [-0.05, 0) is 78.8 Å². The number of hydrogen-bond donors (Lipinski definition) is 1. The van der Waals surface area contributed by atoms with Gasteiger partial charge in [0.05, 0.1) is 24.4 Å². The molecule has 3 aromatic heterocycles. The maximum Gasteiger partial charge on any atom is 0.252 e. The number of tetrazole rings is 1. The lowest BCUT2D eigenvalue weighted by Gasteiger charge is -2.40. The molecule has 8 heteroatoms. The van der Waals surface area contributed by atoms with Crippen LogP contribution in [0.4, 0.5) is 0 Å². The molecule has 1 aromatic carbocycles. The van der Waals surface area contributed by atoms with E-state index >= 15 is 0 Å². The number of H-pyrrole nitrogens is 1. The van der Waals surface area contributed by atoms with E-state index in [0.29, 0.717) is 19.1 Å². The molecule has 2 fully saturated rings. The van der Waals surface area contributed by atoms with Crippen LogP contribution in [0, 0.1) is 6.92 Å². The Labute approximate surface area is 210 Å². The third-order valence-corrected chi connectivity index (χ3v) is 8.23. The number of nitrogens with one attached hydrogen (secondary N) is 1. The van der Waals surface area contributed by atoms with E-state index < -0.39 is 0 Å². The number of hydrogen-bond acceptors (Lipinski definition) is 6. The molecular weight excluding hydrogens is 452 g/mol. The maximum atomic E-state index is 13.2. The summed E-state index contributed by atoms with van der Waals surface area (Å²) in [5.74, 6) is 1.83. The molecule has 0 saturated heterocycles. The number of pyridine rings is 1. The molecule has 0 aliphatic heterocycles. The highest BCUT2D eigenvalue weighted by Gasteiger charge is 2.46. The first-order valence-electron chi connectivity index (χ1n) is 13.3. The highest BCUT2D eigenvalue weighted by molar-refractivity contribution is 5.79. The highest BCUT2D eigenvalue weighted by Crippen LogP contribution is 2.45. The average Bonchev–Trinajstić information content (AvgIpc) is 3.67. The second kappa shape index (κ2) is 9.65. The minimum Gasteiger partial charge on any atom is -0.468 e. The minimum atomic E-state index is -0.345. The molecule has 3 heterocycles. The lowest BCUT2D eigenvalue weighted by molar-refractivity contribution is 0.0497. The third kappa shape index (κ3) is 4.28. The largest absolute Gasteiger partial charge is 0.468 e. The number of nitrogens with zero attached hydrogens (tertiary/aromatic N) is 5. The van der Waals surface area contributed by atoms with Crippen molar-refractivity contribution in [2.24, 2.45) is 0 Å². The molecule has 0 radical (unpaired) electrons. The molecule has 4 aromatic rings. The third-order valence-electron chi connectivity index (χ3n) is 8.23. The van der Waals surface area contributed by atoms with Crippen LogP contribution in [0.1, 0.15) is 86.5 Å². The Hall–Kier alpha value is -3.26. The van der Waals surface area contributed by atoms with Crippen LogP contribution in [-0.4, -0.2) is 30.1 Å². The van der Waals surface area contributed by atoms with Gasteiger partial charge in [0, 0.05) is 17.6 Å². The van der Waals surface area contributed by atoms with E-state index in [9.17, 15) is 4.79 Å². The summed E-state index contributed by atoms with van der Waals surface area (Å²) in [6.45, 7) is 3.17. The summed E-state index contributed by atoms with van der Waals surface area (Å²) in [7, 11) is 0. The molecule has 2 aliphatic carbocycles. The van der Waals surface area contributed by atoms with Crippen LogP contribution in [-0.2, 0) is 18.6 Å². The van der Waals surface area contributed by atoms with Crippen molar-refractivity contribution < 1.29 is 4.42 Å². The Morgan fingerprint density at radius 2 is 1.92 bits per heavy atom. The first-order valence-corrected chi connectivity index (χ1v) is 13.3. The Morgan fingerprint density at radius 1 is 1.08 bits per heavy atom. The zero-order chi connectivity index (χ0) is 24.5. The van der Waals surface area contributed by atoms with E-state index in [1.807, 2.05) is 30.3 Å². The lowest BCUT2D eigenvalue weighted by Crippen LogP contribution is -2.46. The van der Waals surface area contributed by atoms with Crippen molar-refractivity contribution in [1.82, 2.24) is 30.1 Å². The van der Waals surface area contributed by atoms with Crippen molar-refractivity contribution in [1.29, 1.82) is 0 Å². The van der Waals surface area contributed by atoms with E-state index in [1.165, 1.54) is 24.8 Å². The predicted molar refractivity (Wildman–Crippen MR) is 137 cm³/mol. The fraction of sp³-hybridized carbons (Fsp3) is 0.500. The summed E-state index contributed by atoms with van der Waals surface area (Å²) >= 11 is 0. The Balaban J connectivity index is 1.43. The SMILES string of the molecule is Cc1ccc2[nH]c(=O)c(CN(Cc3ccco3)C3(c4nnnn4C4CCCCC4)CCCC3)cc2c1. The molecule has 0 amide bonds. The van der Waals surface area contributed by atoms with Gasteiger partial charge in [-0.2, -0.15) is 0 Å². The summed E-state index contributed by atoms with van der Waals surface area (Å²) < 4.78 is 7.92. The number of aromatic nitrogens is 5. The van der Waals surface area contributed by atoms with Crippen LogP contribution < -0.4 is 5.56 Å². The van der Waals surface area contributed by atoms with Gasteiger partial charge in [-0.15, -0.1) is 5.10 Å². The molecule has 0 spiro atoms. The van der Waals surface area contributed by atoms with Gasteiger partial charge in [0.15, 0.2) is 5.82 Å². The smallest absolute Gasteiger partial charge is 0.252 e. The summed E-state index contributed by atoms with van der Waals surface area (Å²) in [5.41, 5.74) is 2.40. The van der Waals surface area contributed by atoms with Crippen molar-refractivity contribution in [3.05, 3.63) is 75.7 Å². The van der Waals surface area contributed by atoms with Crippen LogP contribution in [0.2, 0.25) is 0 Å². The number of benzene rings is 1. The number of aromatic amines is 1. The van der Waals surface area contributed by atoms with E-state index in [2.05, 4.69) is 43.1 Å². The van der Waals surface area contributed by atoms with Crippen LogP contribution >= 0.6 is 0 Å². The van der Waals surface area contributed by atoms with E-state index in [0.717, 1.165) is 66.6 Å². The normalized spacial score (nSPS) is 18.4. The summed E-state index contributed by atoms with van der Waals surface area (Å²) in [6, 6.07) is 12.5. The van der Waals surface area contributed by atoms with Crippen LogP contribution in [0.3, 0.4) is 0 Å². The topological polar surface area (TPSA) is 92.8 Å². The van der Waals surface area contributed by atoms with Crippen molar-refractivity contribution in [3.63, 3.8) is 0 Å². The molecule has 0 atom stereocenters. The van der Waals surface area contributed by atoms with E-state index in [-0.39, 0.29) is 11.1 Å². The van der Waals surface area contributed by atoms with Crippen molar-refractivity contribution in [2.75, 3.05) is 0 Å². The summed E-state index contributed by atoms with van der Waals surface area (Å²) in [5, 5.41) is 14.4. The van der Waals surface area contributed by atoms with Gasteiger partial charge >= 0.3 is 0 Å². The van der Waals surface area contributed by atoms with Gasteiger partial charge < -0.3 is 9.40 Å². The molecule has 1 N–H and O–H groups in total. The standard InChI is InChI=1S/C28H34N6O2/c1-20-11-12-25-21(16-20)17-22(26(35)29-25)18-33(19-24-10-7-15-36-24)28(13-5-6-14-28)27-30-31-32-34(27)23-8-3-2-4-9-23/h7,10-12,15-17,23H,2-6,8-9,13-14,18-19H2,1H3,(H,29,35). The number of aryl methyl sites for hydroxylation is 1. The molecule has 0 bridgehead atoms. The van der Waals surface area contributed by atoms with Crippen LogP contribution in [0.5, 0.6) is 0 Å². The number of rotatable bonds is 7. The highest BCUT2D eigenvalue weighted by atomic mass is 16.3. The average molecular weight is 487 g/mol. The molecule has 0 unspecified atom stereocenters. The molecule has 6 rings (SSSR count). The zero-order valence-corrected chi connectivity index (χ0v) is 20.9. The second-order valence-corrected chi connectivity index (χ2v) is 10.6. The Morgan fingerprint density at radius 3 is 2.69 bits per heavy atom.